The number of halogens is 2. The Hall–Kier alpha value is -1.00. The molecule has 2 aromatic rings. The van der Waals surface area contributed by atoms with Gasteiger partial charge < -0.3 is 10.1 Å². The molecule has 0 fully saturated rings. The number of rotatable bonds is 3. The standard InChI is InChI=1S/C17H17Br2NO/c1-17(2)9-12-7-11(3-6-16(12)21-17)10-20-15-8-13(18)4-5-14(15)19/h3-8,20H,9-10H2,1-2H3. The fraction of sp³-hybridized carbons (Fsp3) is 0.294. The zero-order valence-electron chi connectivity index (χ0n) is 12.0. The Morgan fingerprint density at radius 1 is 1.14 bits per heavy atom. The lowest BCUT2D eigenvalue weighted by Gasteiger charge is -2.16. The highest BCUT2D eigenvalue weighted by Gasteiger charge is 2.29. The van der Waals surface area contributed by atoms with Crippen LogP contribution in [0.1, 0.15) is 25.0 Å². The average molecular weight is 411 g/mol. The highest BCUT2D eigenvalue weighted by atomic mass is 79.9. The van der Waals surface area contributed by atoms with Crippen LogP contribution in [0.3, 0.4) is 0 Å². The largest absolute Gasteiger partial charge is 0.487 e. The fourth-order valence-corrected chi connectivity index (χ4v) is 3.35. The van der Waals surface area contributed by atoms with Crippen LogP contribution in [-0.2, 0) is 13.0 Å². The van der Waals surface area contributed by atoms with Gasteiger partial charge in [0.1, 0.15) is 11.4 Å². The predicted octanol–water partition coefficient (Wildman–Crippen LogP) is 5.54. The van der Waals surface area contributed by atoms with Crippen LogP contribution in [0.15, 0.2) is 45.3 Å². The van der Waals surface area contributed by atoms with E-state index in [4.69, 9.17) is 4.74 Å². The molecule has 21 heavy (non-hydrogen) atoms. The predicted molar refractivity (Wildman–Crippen MR) is 94.0 cm³/mol. The van der Waals surface area contributed by atoms with Crippen LogP contribution < -0.4 is 10.1 Å². The molecule has 0 bridgehead atoms. The first-order valence-electron chi connectivity index (χ1n) is 6.93. The van der Waals surface area contributed by atoms with E-state index in [0.29, 0.717) is 0 Å². The molecule has 0 atom stereocenters. The molecular weight excluding hydrogens is 394 g/mol. The van der Waals surface area contributed by atoms with Crippen molar-refractivity contribution in [2.24, 2.45) is 0 Å². The molecular formula is C17H17Br2NO. The zero-order chi connectivity index (χ0) is 15.0. The number of hydrogen-bond acceptors (Lipinski definition) is 2. The van der Waals surface area contributed by atoms with Gasteiger partial charge in [0.15, 0.2) is 0 Å². The Balaban J connectivity index is 1.74. The molecule has 0 saturated heterocycles. The van der Waals surface area contributed by atoms with Gasteiger partial charge in [-0.25, -0.2) is 0 Å². The maximum atomic E-state index is 5.91. The second-order valence-electron chi connectivity index (χ2n) is 5.96. The minimum Gasteiger partial charge on any atom is -0.487 e. The van der Waals surface area contributed by atoms with Crippen molar-refractivity contribution < 1.29 is 4.74 Å². The molecule has 3 rings (SSSR count). The SMILES string of the molecule is CC1(C)Cc2cc(CNc3cc(Br)ccc3Br)ccc2O1. The van der Waals surface area contributed by atoms with Crippen molar-refractivity contribution in [2.45, 2.75) is 32.4 Å². The van der Waals surface area contributed by atoms with E-state index in [0.717, 1.165) is 33.3 Å². The first-order valence-corrected chi connectivity index (χ1v) is 8.51. The summed E-state index contributed by atoms with van der Waals surface area (Å²) in [5.41, 5.74) is 3.57. The van der Waals surface area contributed by atoms with E-state index in [1.807, 2.05) is 12.1 Å². The number of benzene rings is 2. The van der Waals surface area contributed by atoms with Crippen molar-refractivity contribution >= 4 is 37.5 Å². The molecule has 1 aliphatic heterocycles. The lowest BCUT2D eigenvalue weighted by Crippen LogP contribution is -2.24. The fourth-order valence-electron chi connectivity index (χ4n) is 2.60. The monoisotopic (exact) mass is 409 g/mol. The molecule has 2 nitrogen and oxygen atoms in total. The molecule has 0 radical (unpaired) electrons. The molecule has 0 spiro atoms. The van der Waals surface area contributed by atoms with Crippen molar-refractivity contribution in [1.29, 1.82) is 0 Å². The van der Waals surface area contributed by atoms with Gasteiger partial charge in [-0.3, -0.25) is 0 Å². The molecule has 4 heteroatoms. The summed E-state index contributed by atoms with van der Waals surface area (Å²) in [5, 5.41) is 3.46. The first kappa shape index (κ1) is 14.9. The smallest absolute Gasteiger partial charge is 0.123 e. The first-order chi connectivity index (χ1) is 9.93. The number of nitrogens with one attached hydrogen (secondary N) is 1. The van der Waals surface area contributed by atoms with E-state index in [9.17, 15) is 0 Å². The van der Waals surface area contributed by atoms with Crippen LogP contribution in [0.2, 0.25) is 0 Å². The Bertz CT molecular complexity index is 682. The van der Waals surface area contributed by atoms with Crippen LogP contribution in [-0.4, -0.2) is 5.60 Å². The van der Waals surface area contributed by atoms with Crippen LogP contribution in [0.4, 0.5) is 5.69 Å². The summed E-state index contributed by atoms with van der Waals surface area (Å²) in [6.07, 6.45) is 0.969. The van der Waals surface area contributed by atoms with E-state index in [1.165, 1.54) is 11.1 Å². The molecule has 1 heterocycles. The molecule has 1 aliphatic rings. The minimum absolute atomic E-state index is 0.0816. The van der Waals surface area contributed by atoms with Gasteiger partial charge in [-0.2, -0.15) is 0 Å². The van der Waals surface area contributed by atoms with Gasteiger partial charge in [-0.1, -0.05) is 28.1 Å². The quantitative estimate of drug-likeness (QED) is 0.717. The van der Waals surface area contributed by atoms with Crippen molar-refractivity contribution in [3.05, 3.63) is 56.5 Å². The van der Waals surface area contributed by atoms with Gasteiger partial charge >= 0.3 is 0 Å². The molecule has 0 aromatic heterocycles. The average Bonchev–Trinajstić information content (AvgIpc) is 2.72. The summed E-state index contributed by atoms with van der Waals surface area (Å²) in [6, 6.07) is 12.6. The lowest BCUT2D eigenvalue weighted by atomic mass is 10.0. The van der Waals surface area contributed by atoms with Crippen molar-refractivity contribution in [2.75, 3.05) is 5.32 Å². The summed E-state index contributed by atoms with van der Waals surface area (Å²) in [5.74, 6) is 1.02. The number of fused-ring (bicyclic) bond motifs is 1. The van der Waals surface area contributed by atoms with Gasteiger partial charge in [0.05, 0.1) is 0 Å². The molecule has 0 saturated carbocycles. The van der Waals surface area contributed by atoms with Crippen molar-refractivity contribution in [3.63, 3.8) is 0 Å². The van der Waals surface area contributed by atoms with E-state index in [1.54, 1.807) is 0 Å². The van der Waals surface area contributed by atoms with Gasteiger partial charge in [0, 0.05) is 27.6 Å². The maximum absolute atomic E-state index is 5.91. The van der Waals surface area contributed by atoms with Crippen LogP contribution in [0, 0.1) is 0 Å². The summed E-state index contributed by atoms with van der Waals surface area (Å²) >= 11 is 7.06. The lowest BCUT2D eigenvalue weighted by molar-refractivity contribution is 0.138. The summed E-state index contributed by atoms with van der Waals surface area (Å²) in [4.78, 5) is 0. The normalized spacial score (nSPS) is 15.4. The van der Waals surface area contributed by atoms with E-state index in [-0.39, 0.29) is 5.60 Å². The molecule has 0 aliphatic carbocycles. The third-order valence-corrected chi connectivity index (χ3v) is 4.72. The van der Waals surface area contributed by atoms with Crippen molar-refractivity contribution in [1.82, 2.24) is 0 Å². The molecule has 1 N–H and O–H groups in total. The van der Waals surface area contributed by atoms with E-state index < -0.39 is 0 Å². The Labute approximate surface area is 142 Å². The Kier molecular flexibility index (Phi) is 4.02. The maximum Gasteiger partial charge on any atom is 0.123 e. The second-order valence-corrected chi connectivity index (χ2v) is 7.73. The molecule has 2 aromatic carbocycles. The van der Waals surface area contributed by atoms with Gasteiger partial charge in [-0.15, -0.1) is 0 Å². The van der Waals surface area contributed by atoms with E-state index in [2.05, 4.69) is 75.3 Å². The van der Waals surface area contributed by atoms with Crippen LogP contribution in [0.5, 0.6) is 5.75 Å². The summed E-state index contributed by atoms with van der Waals surface area (Å²) < 4.78 is 8.05. The summed E-state index contributed by atoms with van der Waals surface area (Å²) in [6.45, 7) is 5.05. The number of anilines is 1. The highest BCUT2D eigenvalue weighted by molar-refractivity contribution is 9.11. The number of ether oxygens (including phenoxy) is 1. The Morgan fingerprint density at radius 3 is 2.76 bits per heavy atom. The minimum atomic E-state index is -0.0816. The van der Waals surface area contributed by atoms with Gasteiger partial charge in [-0.05, 0) is 65.2 Å². The molecule has 110 valence electrons. The topological polar surface area (TPSA) is 21.3 Å². The van der Waals surface area contributed by atoms with Crippen molar-refractivity contribution in [3.8, 4) is 5.75 Å². The van der Waals surface area contributed by atoms with Crippen LogP contribution >= 0.6 is 31.9 Å². The van der Waals surface area contributed by atoms with E-state index >= 15 is 0 Å². The zero-order valence-corrected chi connectivity index (χ0v) is 15.2. The third-order valence-electron chi connectivity index (χ3n) is 3.54. The van der Waals surface area contributed by atoms with Gasteiger partial charge in [0.2, 0.25) is 0 Å². The third kappa shape index (κ3) is 3.43. The number of hydrogen-bond donors (Lipinski definition) is 1. The Morgan fingerprint density at radius 2 is 1.95 bits per heavy atom. The molecule has 0 amide bonds. The highest BCUT2D eigenvalue weighted by Crippen LogP contribution is 2.35. The summed E-state index contributed by atoms with van der Waals surface area (Å²) in [7, 11) is 0. The van der Waals surface area contributed by atoms with Crippen LogP contribution in [0.25, 0.3) is 0 Å². The van der Waals surface area contributed by atoms with Gasteiger partial charge in [0.25, 0.3) is 0 Å². The second kappa shape index (κ2) is 5.65. The molecule has 0 unspecified atom stereocenters.